The fourth-order valence-corrected chi connectivity index (χ4v) is 2.44. The van der Waals surface area contributed by atoms with E-state index in [1.54, 1.807) is 17.0 Å². The molecule has 1 amide bonds. The average Bonchev–Trinajstić information content (AvgIpc) is 2.53. The van der Waals surface area contributed by atoms with E-state index in [1.807, 2.05) is 24.3 Å². The third-order valence-corrected chi connectivity index (χ3v) is 3.51. The van der Waals surface area contributed by atoms with E-state index in [9.17, 15) is 14.9 Å². The van der Waals surface area contributed by atoms with Crippen LogP contribution in [-0.2, 0) is 4.79 Å². The summed E-state index contributed by atoms with van der Waals surface area (Å²) in [4.78, 5) is 28.5. The van der Waals surface area contributed by atoms with Gasteiger partial charge in [-0.25, -0.2) is 4.99 Å². The van der Waals surface area contributed by atoms with Gasteiger partial charge in [0, 0.05) is 24.6 Å². The highest BCUT2D eigenvalue weighted by atomic mass is 16.6. The van der Waals surface area contributed by atoms with Crippen molar-refractivity contribution in [2.75, 3.05) is 11.4 Å². The van der Waals surface area contributed by atoms with Crippen molar-refractivity contribution in [1.29, 1.82) is 0 Å². The molecule has 0 spiro atoms. The van der Waals surface area contributed by atoms with Gasteiger partial charge in [-0.15, -0.1) is 0 Å². The van der Waals surface area contributed by atoms with E-state index in [1.165, 1.54) is 19.1 Å². The van der Waals surface area contributed by atoms with Crippen molar-refractivity contribution >= 4 is 28.7 Å². The minimum atomic E-state index is -0.441. The van der Waals surface area contributed by atoms with Crippen molar-refractivity contribution in [3.63, 3.8) is 0 Å². The van der Waals surface area contributed by atoms with Gasteiger partial charge in [-0.05, 0) is 12.1 Å². The predicted molar refractivity (Wildman–Crippen MR) is 83.8 cm³/mol. The number of nitrogens with zero attached hydrogens (tertiary/aromatic N) is 3. The number of benzene rings is 2. The van der Waals surface area contributed by atoms with E-state index in [4.69, 9.17) is 0 Å². The molecule has 22 heavy (non-hydrogen) atoms. The Bertz CT molecular complexity index is 799. The number of non-ortho nitro benzene ring substituents is 1. The van der Waals surface area contributed by atoms with Gasteiger partial charge in [0.2, 0.25) is 5.91 Å². The van der Waals surface area contributed by atoms with E-state index in [0.717, 1.165) is 5.69 Å². The summed E-state index contributed by atoms with van der Waals surface area (Å²) in [6.07, 6.45) is 0. The van der Waals surface area contributed by atoms with E-state index in [0.29, 0.717) is 23.5 Å². The molecule has 3 rings (SSSR count). The summed E-state index contributed by atoms with van der Waals surface area (Å²) in [7, 11) is 0. The predicted octanol–water partition coefficient (Wildman–Crippen LogP) is 3.08. The van der Waals surface area contributed by atoms with E-state index in [2.05, 4.69) is 4.99 Å². The Morgan fingerprint density at radius 1 is 1.23 bits per heavy atom. The smallest absolute Gasteiger partial charge is 0.270 e. The standard InChI is InChI=1S/C16H13N3O3/c1-11(20)18-10-15(17-14-7-2-3-8-16(14)18)12-5-4-6-13(9-12)19(21)22/h2-9H,10H2,1H3. The topological polar surface area (TPSA) is 75.8 Å². The summed E-state index contributed by atoms with van der Waals surface area (Å²) in [5.41, 5.74) is 2.73. The van der Waals surface area contributed by atoms with Crippen LogP contribution in [-0.4, -0.2) is 23.1 Å². The molecule has 0 saturated carbocycles. The van der Waals surface area contributed by atoms with Crippen LogP contribution < -0.4 is 4.90 Å². The number of hydrogen-bond donors (Lipinski definition) is 0. The zero-order valence-corrected chi connectivity index (χ0v) is 11.9. The second kappa shape index (κ2) is 5.40. The van der Waals surface area contributed by atoms with Crippen LogP contribution in [0, 0.1) is 10.1 Å². The first-order valence-electron chi connectivity index (χ1n) is 6.76. The quantitative estimate of drug-likeness (QED) is 0.631. The van der Waals surface area contributed by atoms with Crippen molar-refractivity contribution in [1.82, 2.24) is 0 Å². The first-order valence-corrected chi connectivity index (χ1v) is 6.76. The molecule has 110 valence electrons. The molecule has 0 bridgehead atoms. The van der Waals surface area contributed by atoms with Crippen LogP contribution in [0.15, 0.2) is 53.5 Å². The molecule has 1 heterocycles. The molecule has 1 aliphatic heterocycles. The monoisotopic (exact) mass is 295 g/mol. The molecule has 0 atom stereocenters. The normalized spacial score (nSPS) is 13.3. The van der Waals surface area contributed by atoms with Crippen LogP contribution in [0.4, 0.5) is 17.1 Å². The molecule has 0 unspecified atom stereocenters. The molecule has 0 aromatic heterocycles. The number of nitro groups is 1. The third-order valence-electron chi connectivity index (χ3n) is 3.51. The van der Waals surface area contributed by atoms with Crippen LogP contribution in [0.2, 0.25) is 0 Å². The van der Waals surface area contributed by atoms with Gasteiger partial charge in [0.1, 0.15) is 0 Å². The number of para-hydroxylation sites is 2. The Balaban J connectivity index is 2.09. The highest BCUT2D eigenvalue weighted by molar-refractivity contribution is 6.12. The Morgan fingerprint density at radius 3 is 2.73 bits per heavy atom. The Morgan fingerprint density at radius 2 is 2.00 bits per heavy atom. The van der Waals surface area contributed by atoms with Gasteiger partial charge in [-0.2, -0.15) is 0 Å². The molecule has 0 fully saturated rings. The van der Waals surface area contributed by atoms with Crippen molar-refractivity contribution in [2.45, 2.75) is 6.92 Å². The molecule has 0 N–H and O–H groups in total. The number of aliphatic imine (C=N–C) groups is 1. The summed E-state index contributed by atoms with van der Waals surface area (Å²) in [5, 5.41) is 10.9. The van der Waals surface area contributed by atoms with Crippen molar-refractivity contribution < 1.29 is 9.72 Å². The summed E-state index contributed by atoms with van der Waals surface area (Å²) < 4.78 is 0. The largest absolute Gasteiger partial charge is 0.305 e. The van der Waals surface area contributed by atoms with Gasteiger partial charge in [-0.1, -0.05) is 24.3 Å². The average molecular weight is 295 g/mol. The lowest BCUT2D eigenvalue weighted by molar-refractivity contribution is -0.384. The maximum absolute atomic E-state index is 11.9. The zero-order valence-electron chi connectivity index (χ0n) is 11.9. The summed E-state index contributed by atoms with van der Waals surface area (Å²) in [6, 6.07) is 13.6. The SMILES string of the molecule is CC(=O)N1CC(c2cccc([N+](=O)[O-])c2)=Nc2ccccc21. The molecule has 0 radical (unpaired) electrons. The zero-order chi connectivity index (χ0) is 15.7. The summed E-state index contributed by atoms with van der Waals surface area (Å²) in [6.45, 7) is 1.79. The van der Waals surface area contributed by atoms with Crippen molar-refractivity contribution in [3.8, 4) is 0 Å². The van der Waals surface area contributed by atoms with E-state index in [-0.39, 0.29) is 11.6 Å². The lowest BCUT2D eigenvalue weighted by Crippen LogP contribution is -2.36. The van der Waals surface area contributed by atoms with Gasteiger partial charge in [-0.3, -0.25) is 14.9 Å². The molecule has 2 aromatic rings. The van der Waals surface area contributed by atoms with Crippen LogP contribution >= 0.6 is 0 Å². The maximum Gasteiger partial charge on any atom is 0.270 e. The summed E-state index contributed by atoms with van der Waals surface area (Å²) >= 11 is 0. The van der Waals surface area contributed by atoms with Gasteiger partial charge >= 0.3 is 0 Å². The third kappa shape index (κ3) is 2.46. The number of nitro benzene ring substituents is 1. The molecular formula is C16H13N3O3. The van der Waals surface area contributed by atoms with Crippen molar-refractivity contribution in [2.24, 2.45) is 4.99 Å². The van der Waals surface area contributed by atoms with Crippen LogP contribution in [0.3, 0.4) is 0 Å². The second-order valence-corrected chi connectivity index (χ2v) is 4.96. The number of amides is 1. The lowest BCUT2D eigenvalue weighted by Gasteiger charge is -2.27. The Hall–Kier alpha value is -3.02. The minimum absolute atomic E-state index is 0.00781. The molecule has 1 aliphatic rings. The Kier molecular flexibility index (Phi) is 3.42. The molecule has 2 aromatic carbocycles. The van der Waals surface area contributed by atoms with Crippen LogP contribution in [0.25, 0.3) is 0 Å². The van der Waals surface area contributed by atoms with Crippen LogP contribution in [0.5, 0.6) is 0 Å². The fraction of sp³-hybridized carbons (Fsp3) is 0.125. The maximum atomic E-state index is 11.9. The van der Waals surface area contributed by atoms with Crippen LogP contribution in [0.1, 0.15) is 12.5 Å². The van der Waals surface area contributed by atoms with Gasteiger partial charge in [0.25, 0.3) is 5.69 Å². The number of anilines is 1. The number of hydrogen-bond acceptors (Lipinski definition) is 4. The molecule has 0 aliphatic carbocycles. The van der Waals surface area contributed by atoms with E-state index < -0.39 is 4.92 Å². The minimum Gasteiger partial charge on any atom is -0.305 e. The summed E-state index contributed by atoms with van der Waals surface area (Å²) in [5.74, 6) is -0.0923. The first-order chi connectivity index (χ1) is 10.6. The number of carbonyl (C=O) groups is 1. The van der Waals surface area contributed by atoms with Crippen molar-refractivity contribution in [3.05, 3.63) is 64.2 Å². The molecule has 6 nitrogen and oxygen atoms in total. The highest BCUT2D eigenvalue weighted by Crippen LogP contribution is 2.33. The molecule has 6 heteroatoms. The highest BCUT2D eigenvalue weighted by Gasteiger charge is 2.23. The van der Waals surface area contributed by atoms with E-state index >= 15 is 0 Å². The second-order valence-electron chi connectivity index (χ2n) is 4.96. The van der Waals surface area contributed by atoms with Gasteiger partial charge in [0.15, 0.2) is 0 Å². The molecular weight excluding hydrogens is 282 g/mol. The lowest BCUT2D eigenvalue weighted by atomic mass is 10.1. The number of rotatable bonds is 2. The van der Waals surface area contributed by atoms with Gasteiger partial charge in [0.05, 0.1) is 28.6 Å². The molecule has 0 saturated heterocycles. The number of fused-ring (bicyclic) bond motifs is 1. The van der Waals surface area contributed by atoms with Gasteiger partial charge < -0.3 is 4.90 Å². The first kappa shape index (κ1) is 13.9. The number of carbonyl (C=O) groups excluding carboxylic acids is 1. The fourth-order valence-electron chi connectivity index (χ4n) is 2.44. The Labute approximate surface area is 126 Å².